The molecule has 14 heteroatoms. The molecule has 0 aliphatic rings. The minimum atomic E-state index is -4.88. The minimum absolute atomic E-state index is 0.00744. The maximum atomic E-state index is 13.3. The highest BCUT2D eigenvalue weighted by Crippen LogP contribution is 2.30. The zero-order chi connectivity index (χ0) is 25.3. The summed E-state index contributed by atoms with van der Waals surface area (Å²) in [4.78, 5) is 35.6. The Bertz CT molecular complexity index is 1490. The molecule has 0 saturated carbocycles. The number of thiazole rings is 1. The standard InChI is InChI=1S/C21H20F3N5O5S/c1-12-10-25-15(35-12)11-29-16-17(27(2)20(32)28(18(16)31)7-4-8-30)26-19(29)33-13-5-3-6-14(9-13)34-21(22,23)24/h3,5-6,9-10,30H,4,7-8,11H2,1-2H3. The van der Waals surface area contributed by atoms with Gasteiger partial charge < -0.3 is 14.6 Å². The molecule has 10 nitrogen and oxygen atoms in total. The van der Waals surface area contributed by atoms with E-state index in [2.05, 4.69) is 14.7 Å². The van der Waals surface area contributed by atoms with Gasteiger partial charge in [-0.3, -0.25) is 18.5 Å². The van der Waals surface area contributed by atoms with Crippen LogP contribution in [0.4, 0.5) is 13.2 Å². The Kier molecular flexibility index (Phi) is 6.67. The Balaban J connectivity index is 1.86. The number of ether oxygens (including phenoxy) is 2. The zero-order valence-electron chi connectivity index (χ0n) is 18.6. The number of aliphatic hydroxyl groups is 1. The highest BCUT2D eigenvalue weighted by atomic mass is 32.1. The number of aryl methyl sites for hydroxylation is 2. The Morgan fingerprint density at radius 3 is 2.57 bits per heavy atom. The van der Waals surface area contributed by atoms with Gasteiger partial charge in [0.05, 0.1) is 6.54 Å². The SMILES string of the molecule is Cc1cnc(Cn2c(Oc3cccc(OC(F)(F)F)c3)nc3c2c(=O)n(CCCO)c(=O)n3C)s1. The van der Waals surface area contributed by atoms with Crippen LogP contribution in [0.25, 0.3) is 11.2 Å². The van der Waals surface area contributed by atoms with Crippen molar-refractivity contribution in [2.45, 2.75) is 32.8 Å². The number of benzene rings is 1. The summed E-state index contributed by atoms with van der Waals surface area (Å²) in [5.74, 6) is -0.517. The number of hydrogen-bond acceptors (Lipinski definition) is 8. The van der Waals surface area contributed by atoms with E-state index in [1.165, 1.54) is 39.7 Å². The molecule has 0 saturated heterocycles. The van der Waals surface area contributed by atoms with Gasteiger partial charge in [0.1, 0.15) is 16.5 Å². The predicted octanol–water partition coefficient (Wildman–Crippen LogP) is 2.78. The number of halogens is 3. The van der Waals surface area contributed by atoms with Crippen molar-refractivity contribution in [1.82, 2.24) is 23.7 Å². The number of aliphatic hydroxyl groups excluding tert-OH is 1. The van der Waals surface area contributed by atoms with Gasteiger partial charge in [0.25, 0.3) is 5.56 Å². The van der Waals surface area contributed by atoms with E-state index in [0.717, 1.165) is 21.6 Å². The topological polar surface area (TPSA) is 113 Å². The van der Waals surface area contributed by atoms with Crippen LogP contribution in [-0.2, 0) is 20.1 Å². The fourth-order valence-electron chi connectivity index (χ4n) is 3.45. The molecule has 1 aromatic carbocycles. The molecule has 3 heterocycles. The van der Waals surface area contributed by atoms with E-state index in [4.69, 9.17) is 9.84 Å². The zero-order valence-corrected chi connectivity index (χ0v) is 19.4. The molecule has 4 aromatic rings. The molecular weight excluding hydrogens is 491 g/mol. The normalized spacial score (nSPS) is 11.8. The molecule has 0 bridgehead atoms. The number of aromatic nitrogens is 5. The van der Waals surface area contributed by atoms with Crippen LogP contribution < -0.4 is 20.7 Å². The third-order valence-corrected chi connectivity index (χ3v) is 5.85. The predicted molar refractivity (Wildman–Crippen MR) is 120 cm³/mol. The first-order valence-corrected chi connectivity index (χ1v) is 11.1. The molecular formula is C21H20F3N5O5S. The summed E-state index contributed by atoms with van der Waals surface area (Å²) in [5.41, 5.74) is -1.18. The van der Waals surface area contributed by atoms with Gasteiger partial charge in [-0.05, 0) is 25.5 Å². The summed E-state index contributed by atoms with van der Waals surface area (Å²) in [5, 5.41) is 9.78. The Labute approximate surface area is 199 Å². The van der Waals surface area contributed by atoms with Crippen LogP contribution in [-0.4, -0.2) is 41.7 Å². The lowest BCUT2D eigenvalue weighted by Crippen LogP contribution is -2.39. The Morgan fingerprint density at radius 1 is 1.17 bits per heavy atom. The summed E-state index contributed by atoms with van der Waals surface area (Å²) in [7, 11) is 1.44. The fourth-order valence-corrected chi connectivity index (χ4v) is 4.23. The summed E-state index contributed by atoms with van der Waals surface area (Å²) in [6, 6.07) is 4.74. The molecule has 4 rings (SSSR count). The number of rotatable bonds is 8. The van der Waals surface area contributed by atoms with Crippen LogP contribution in [0.2, 0.25) is 0 Å². The smallest absolute Gasteiger partial charge is 0.425 e. The number of imidazole rings is 1. The second-order valence-corrected chi connectivity index (χ2v) is 8.84. The maximum Gasteiger partial charge on any atom is 0.573 e. The van der Waals surface area contributed by atoms with Crippen LogP contribution in [0.15, 0.2) is 40.1 Å². The van der Waals surface area contributed by atoms with Crippen LogP contribution in [0.1, 0.15) is 16.3 Å². The van der Waals surface area contributed by atoms with Gasteiger partial charge in [-0.1, -0.05) is 6.07 Å². The fraction of sp³-hybridized carbons (Fsp3) is 0.333. The average molecular weight is 511 g/mol. The Hall–Kier alpha value is -3.65. The van der Waals surface area contributed by atoms with Gasteiger partial charge in [-0.2, -0.15) is 4.98 Å². The minimum Gasteiger partial charge on any atom is -0.425 e. The number of hydrogen-bond donors (Lipinski definition) is 1. The molecule has 0 fully saturated rings. The molecule has 1 N–H and O–H groups in total. The van der Waals surface area contributed by atoms with E-state index < -0.39 is 23.4 Å². The second-order valence-electron chi connectivity index (χ2n) is 7.52. The highest BCUT2D eigenvalue weighted by Gasteiger charge is 2.31. The van der Waals surface area contributed by atoms with Crippen molar-refractivity contribution >= 4 is 22.5 Å². The van der Waals surface area contributed by atoms with E-state index in [9.17, 15) is 22.8 Å². The van der Waals surface area contributed by atoms with Crippen LogP contribution in [0.5, 0.6) is 17.5 Å². The van der Waals surface area contributed by atoms with E-state index in [1.54, 1.807) is 6.20 Å². The quantitative estimate of drug-likeness (QED) is 0.387. The van der Waals surface area contributed by atoms with Gasteiger partial charge in [-0.15, -0.1) is 24.5 Å². The Morgan fingerprint density at radius 2 is 1.91 bits per heavy atom. The molecule has 186 valence electrons. The largest absolute Gasteiger partial charge is 0.573 e. The molecule has 0 aliphatic heterocycles. The van der Waals surface area contributed by atoms with Gasteiger partial charge in [0.15, 0.2) is 11.2 Å². The molecule has 0 aliphatic carbocycles. The lowest BCUT2D eigenvalue weighted by atomic mass is 10.3. The van der Waals surface area contributed by atoms with Crippen molar-refractivity contribution in [2.24, 2.45) is 7.05 Å². The van der Waals surface area contributed by atoms with Gasteiger partial charge >= 0.3 is 18.1 Å². The highest BCUT2D eigenvalue weighted by molar-refractivity contribution is 7.11. The molecule has 0 spiro atoms. The number of alkyl halides is 3. The summed E-state index contributed by atoms with van der Waals surface area (Å²) in [6.07, 6.45) is -3.03. The van der Waals surface area contributed by atoms with Gasteiger partial charge in [-0.25, -0.2) is 9.78 Å². The van der Waals surface area contributed by atoms with E-state index in [0.29, 0.717) is 5.01 Å². The van der Waals surface area contributed by atoms with Crippen LogP contribution in [0, 0.1) is 6.92 Å². The first kappa shape index (κ1) is 24.5. The molecule has 3 aromatic heterocycles. The van der Waals surface area contributed by atoms with Gasteiger partial charge in [0.2, 0.25) is 0 Å². The van der Waals surface area contributed by atoms with E-state index in [-0.39, 0.29) is 49.0 Å². The average Bonchev–Trinajstić information content (AvgIpc) is 3.35. The lowest BCUT2D eigenvalue weighted by molar-refractivity contribution is -0.274. The second kappa shape index (κ2) is 9.54. The number of fused-ring (bicyclic) bond motifs is 1. The third-order valence-electron chi connectivity index (χ3n) is 4.95. The summed E-state index contributed by atoms with van der Waals surface area (Å²) in [6.45, 7) is 1.71. The summed E-state index contributed by atoms with van der Waals surface area (Å²) >= 11 is 1.38. The molecule has 0 atom stereocenters. The molecule has 35 heavy (non-hydrogen) atoms. The van der Waals surface area contributed by atoms with Gasteiger partial charge in [0, 0.05) is 37.3 Å². The first-order valence-electron chi connectivity index (χ1n) is 10.3. The van der Waals surface area contributed by atoms with Crippen molar-refractivity contribution < 1.29 is 27.8 Å². The van der Waals surface area contributed by atoms with Crippen LogP contribution in [0.3, 0.4) is 0 Å². The van der Waals surface area contributed by atoms with E-state index >= 15 is 0 Å². The van der Waals surface area contributed by atoms with Crippen molar-refractivity contribution in [3.8, 4) is 17.5 Å². The van der Waals surface area contributed by atoms with Crippen molar-refractivity contribution in [3.63, 3.8) is 0 Å². The lowest BCUT2D eigenvalue weighted by Gasteiger charge is -2.11. The van der Waals surface area contributed by atoms with Crippen molar-refractivity contribution in [2.75, 3.05) is 6.61 Å². The molecule has 0 radical (unpaired) electrons. The maximum absolute atomic E-state index is 13.3. The van der Waals surface area contributed by atoms with E-state index in [1.807, 2.05) is 6.92 Å². The summed E-state index contributed by atoms with van der Waals surface area (Å²) < 4.78 is 51.2. The van der Waals surface area contributed by atoms with Crippen molar-refractivity contribution in [1.29, 1.82) is 0 Å². The molecule has 0 amide bonds. The molecule has 0 unspecified atom stereocenters. The first-order chi connectivity index (χ1) is 16.6. The monoisotopic (exact) mass is 511 g/mol. The van der Waals surface area contributed by atoms with Crippen LogP contribution >= 0.6 is 11.3 Å². The third kappa shape index (κ3) is 5.22. The number of nitrogens with zero attached hydrogens (tertiary/aromatic N) is 5. The van der Waals surface area contributed by atoms with Crippen molar-refractivity contribution in [3.05, 3.63) is 61.2 Å².